The average Bonchev–Trinajstić information content (AvgIpc) is 3.00. The topological polar surface area (TPSA) is 69.4 Å². The predicted molar refractivity (Wildman–Crippen MR) is 109 cm³/mol. The van der Waals surface area contributed by atoms with Crippen LogP contribution in [0.1, 0.15) is 65.7 Å². The van der Waals surface area contributed by atoms with Crippen LogP contribution in [0.15, 0.2) is 23.5 Å². The number of nitrogens with two attached hydrogens (primary N) is 1. The fourth-order valence-corrected chi connectivity index (χ4v) is 7.49. The van der Waals surface area contributed by atoms with Gasteiger partial charge in [-0.2, -0.15) is 0 Å². The maximum absolute atomic E-state index is 12.3. The Balaban J connectivity index is 1.72. The fraction of sp³-hybridized carbons (Fsp3) is 0.750. The summed E-state index contributed by atoms with van der Waals surface area (Å²) in [6.45, 7) is 7.53. The van der Waals surface area contributed by atoms with Gasteiger partial charge in [-0.15, -0.1) is 0 Å². The molecule has 0 aromatic rings. The molecule has 4 rings (SSSR count). The number of rotatable bonds is 4. The minimum atomic E-state index is 0.0460. The quantitative estimate of drug-likeness (QED) is 0.582. The molecule has 0 amide bonds. The van der Waals surface area contributed by atoms with Crippen molar-refractivity contribution in [2.75, 3.05) is 13.2 Å². The molecule has 0 saturated heterocycles. The van der Waals surface area contributed by atoms with Crippen molar-refractivity contribution in [1.29, 1.82) is 0 Å². The number of carbonyl (C=O) groups is 2. The Labute approximate surface area is 169 Å². The molecule has 2 N–H and O–H groups in total. The Morgan fingerprint density at radius 3 is 2.75 bits per heavy atom. The molecular formula is C24H35NO3. The molecule has 4 aliphatic rings. The van der Waals surface area contributed by atoms with Crippen molar-refractivity contribution in [2.45, 2.75) is 65.7 Å². The first-order valence-corrected chi connectivity index (χ1v) is 11.1. The summed E-state index contributed by atoms with van der Waals surface area (Å²) in [5, 5.41) is 0. The third kappa shape index (κ3) is 2.91. The van der Waals surface area contributed by atoms with Crippen LogP contribution in [0.3, 0.4) is 0 Å². The van der Waals surface area contributed by atoms with Gasteiger partial charge in [-0.25, -0.2) is 0 Å². The Morgan fingerprint density at radius 2 is 2.04 bits per heavy atom. The Morgan fingerprint density at radius 1 is 1.25 bits per heavy atom. The van der Waals surface area contributed by atoms with Crippen LogP contribution in [-0.4, -0.2) is 24.7 Å². The van der Waals surface area contributed by atoms with Crippen molar-refractivity contribution >= 4 is 11.6 Å². The molecule has 3 fully saturated rings. The number of allylic oxidation sites excluding steroid dienone is 2. The highest BCUT2D eigenvalue weighted by molar-refractivity contribution is 5.92. The summed E-state index contributed by atoms with van der Waals surface area (Å²) in [5.41, 5.74) is 8.20. The second-order valence-corrected chi connectivity index (χ2v) is 10.1. The highest BCUT2D eigenvalue weighted by atomic mass is 16.5. The fourth-order valence-electron chi connectivity index (χ4n) is 7.49. The van der Waals surface area contributed by atoms with Gasteiger partial charge in [-0.3, -0.25) is 9.59 Å². The molecule has 6 atom stereocenters. The van der Waals surface area contributed by atoms with Crippen molar-refractivity contribution in [3.8, 4) is 0 Å². The monoisotopic (exact) mass is 385 g/mol. The molecule has 0 radical (unpaired) electrons. The van der Waals surface area contributed by atoms with Gasteiger partial charge >= 0.3 is 0 Å². The molecule has 0 unspecified atom stereocenters. The van der Waals surface area contributed by atoms with Gasteiger partial charge in [0, 0.05) is 18.9 Å². The Hall–Kier alpha value is -1.42. The summed E-state index contributed by atoms with van der Waals surface area (Å²) in [6, 6.07) is 0. The molecule has 3 saturated carbocycles. The second-order valence-electron chi connectivity index (χ2n) is 10.1. The SMILES string of the molecule is CC(=O)[C@H]1CC[C@H]2[C@@H]3CC(=COCCN)C4=CC(=O)CC[C@]4(C)[C@H]3CC[C@]12C. The maximum atomic E-state index is 12.3. The number of ether oxygens (including phenoxy) is 1. The zero-order valence-electron chi connectivity index (χ0n) is 17.6. The molecule has 0 heterocycles. The summed E-state index contributed by atoms with van der Waals surface area (Å²) in [6.07, 6.45) is 10.9. The van der Waals surface area contributed by atoms with E-state index in [2.05, 4.69) is 13.8 Å². The summed E-state index contributed by atoms with van der Waals surface area (Å²) in [7, 11) is 0. The third-order valence-electron chi connectivity index (χ3n) is 8.82. The van der Waals surface area contributed by atoms with Gasteiger partial charge in [0.25, 0.3) is 0 Å². The van der Waals surface area contributed by atoms with Gasteiger partial charge < -0.3 is 10.5 Å². The van der Waals surface area contributed by atoms with Gasteiger partial charge in [0.2, 0.25) is 0 Å². The molecule has 4 aliphatic carbocycles. The van der Waals surface area contributed by atoms with Crippen LogP contribution in [0, 0.1) is 34.5 Å². The summed E-state index contributed by atoms with van der Waals surface area (Å²) in [4.78, 5) is 24.6. The zero-order chi connectivity index (χ0) is 20.1. The Kier molecular flexibility index (Phi) is 5.06. The summed E-state index contributed by atoms with van der Waals surface area (Å²) >= 11 is 0. The lowest BCUT2D eigenvalue weighted by molar-refractivity contribution is -0.128. The Bertz CT molecular complexity index is 738. The van der Waals surface area contributed by atoms with Crippen LogP contribution >= 0.6 is 0 Å². The normalized spacial score (nSPS) is 43.8. The molecule has 0 aromatic heterocycles. The van der Waals surface area contributed by atoms with E-state index in [1.165, 1.54) is 17.6 Å². The smallest absolute Gasteiger partial charge is 0.156 e. The van der Waals surface area contributed by atoms with E-state index in [-0.39, 0.29) is 22.5 Å². The van der Waals surface area contributed by atoms with Crippen molar-refractivity contribution in [1.82, 2.24) is 0 Å². The van der Waals surface area contributed by atoms with Crippen molar-refractivity contribution in [2.24, 2.45) is 40.2 Å². The van der Waals surface area contributed by atoms with Gasteiger partial charge in [0.1, 0.15) is 5.78 Å². The zero-order valence-corrected chi connectivity index (χ0v) is 17.6. The van der Waals surface area contributed by atoms with E-state index >= 15 is 0 Å². The molecular weight excluding hydrogens is 350 g/mol. The van der Waals surface area contributed by atoms with Crippen LogP contribution in [-0.2, 0) is 14.3 Å². The highest BCUT2D eigenvalue weighted by Gasteiger charge is 2.60. The summed E-state index contributed by atoms with van der Waals surface area (Å²) in [5.74, 6) is 2.60. The van der Waals surface area contributed by atoms with Crippen molar-refractivity contribution < 1.29 is 14.3 Å². The predicted octanol–water partition coefficient (Wildman–Crippen LogP) is 4.19. The van der Waals surface area contributed by atoms with E-state index < -0.39 is 0 Å². The van der Waals surface area contributed by atoms with Crippen LogP contribution < -0.4 is 5.73 Å². The minimum Gasteiger partial charge on any atom is -0.500 e. The van der Waals surface area contributed by atoms with Crippen molar-refractivity contribution in [3.05, 3.63) is 23.5 Å². The van der Waals surface area contributed by atoms with Crippen LogP contribution in [0.2, 0.25) is 0 Å². The van der Waals surface area contributed by atoms with E-state index in [0.29, 0.717) is 43.1 Å². The third-order valence-corrected chi connectivity index (χ3v) is 8.82. The van der Waals surface area contributed by atoms with Gasteiger partial charge in [0.05, 0.1) is 12.9 Å². The number of ketones is 2. The molecule has 0 aromatic carbocycles. The first-order valence-electron chi connectivity index (χ1n) is 11.1. The first-order chi connectivity index (χ1) is 13.3. The molecule has 154 valence electrons. The summed E-state index contributed by atoms with van der Waals surface area (Å²) < 4.78 is 5.73. The molecule has 4 nitrogen and oxygen atoms in total. The van der Waals surface area contributed by atoms with Gasteiger partial charge in [-0.1, -0.05) is 13.8 Å². The second kappa shape index (κ2) is 7.12. The van der Waals surface area contributed by atoms with E-state index in [1.54, 1.807) is 6.92 Å². The average molecular weight is 386 g/mol. The minimum absolute atomic E-state index is 0.0460. The lowest BCUT2D eigenvalue weighted by Gasteiger charge is -2.58. The van der Waals surface area contributed by atoms with E-state index in [9.17, 15) is 9.59 Å². The molecule has 0 bridgehead atoms. The number of Topliss-reactive ketones (excluding diaryl/α,β-unsaturated/α-hetero) is 1. The number of carbonyl (C=O) groups excluding carboxylic acids is 2. The number of fused-ring (bicyclic) bond motifs is 5. The van der Waals surface area contributed by atoms with Crippen LogP contribution in [0.25, 0.3) is 0 Å². The molecule has 4 heteroatoms. The lowest BCUT2D eigenvalue weighted by atomic mass is 9.46. The lowest BCUT2D eigenvalue weighted by Crippen LogP contribution is -2.51. The first kappa shape index (κ1) is 19.9. The van der Waals surface area contributed by atoms with Crippen LogP contribution in [0.4, 0.5) is 0 Å². The van der Waals surface area contributed by atoms with E-state index in [1.807, 2.05) is 12.3 Å². The highest BCUT2D eigenvalue weighted by Crippen LogP contribution is 2.67. The standard InChI is InChI=1S/C24H35NO3/c1-15(26)19-4-5-20-18-12-16(14-28-11-10-25)22-13-17(27)6-8-24(22,3)21(18)7-9-23(19,20)2/h13-14,18-21H,4-12,25H2,1-3H3/t18-,19+,20-,21-,23+,24+/m0/s1. The number of hydrogen-bond acceptors (Lipinski definition) is 4. The largest absolute Gasteiger partial charge is 0.500 e. The van der Waals surface area contributed by atoms with Crippen LogP contribution in [0.5, 0.6) is 0 Å². The van der Waals surface area contributed by atoms with Crippen molar-refractivity contribution in [3.63, 3.8) is 0 Å². The van der Waals surface area contributed by atoms with E-state index in [0.717, 1.165) is 32.1 Å². The van der Waals surface area contributed by atoms with E-state index in [4.69, 9.17) is 10.5 Å². The van der Waals surface area contributed by atoms with Gasteiger partial charge in [0.15, 0.2) is 5.78 Å². The molecule has 0 spiro atoms. The maximum Gasteiger partial charge on any atom is 0.156 e. The molecule has 0 aliphatic heterocycles. The number of hydrogen-bond donors (Lipinski definition) is 1. The molecule has 28 heavy (non-hydrogen) atoms. The van der Waals surface area contributed by atoms with Gasteiger partial charge in [-0.05, 0) is 91.3 Å².